The second-order valence-electron chi connectivity index (χ2n) is 4.11. The number of carbonyl (C=O) groups excluding carboxylic acids is 1. The largest absolute Gasteiger partial charge is 0.457 e. The molecule has 100 valence electrons. The molecule has 1 atom stereocenters. The molecule has 5 heteroatoms. The SMILES string of the molecule is COC[C@H](C)OC(=O)c1ccc(-c2cnco2)cc1. The first-order valence-electron chi connectivity index (χ1n) is 5.89. The van der Waals surface area contributed by atoms with E-state index in [1.165, 1.54) is 6.39 Å². The summed E-state index contributed by atoms with van der Waals surface area (Å²) >= 11 is 0. The molecule has 2 rings (SSSR count). The van der Waals surface area contributed by atoms with Crippen molar-refractivity contribution >= 4 is 5.97 Å². The van der Waals surface area contributed by atoms with Crippen LogP contribution < -0.4 is 0 Å². The van der Waals surface area contributed by atoms with E-state index in [-0.39, 0.29) is 12.1 Å². The predicted molar refractivity (Wildman–Crippen MR) is 68.7 cm³/mol. The Labute approximate surface area is 111 Å². The Morgan fingerprint density at radius 1 is 1.37 bits per heavy atom. The van der Waals surface area contributed by atoms with Gasteiger partial charge in [-0.2, -0.15) is 0 Å². The monoisotopic (exact) mass is 261 g/mol. The lowest BCUT2D eigenvalue weighted by atomic mass is 10.1. The van der Waals surface area contributed by atoms with Crippen LogP contribution in [0.5, 0.6) is 0 Å². The van der Waals surface area contributed by atoms with Crippen LogP contribution in [-0.4, -0.2) is 30.8 Å². The molecule has 0 aliphatic rings. The van der Waals surface area contributed by atoms with E-state index in [1.54, 1.807) is 44.5 Å². The molecule has 5 nitrogen and oxygen atoms in total. The van der Waals surface area contributed by atoms with Crippen LogP contribution >= 0.6 is 0 Å². The molecule has 0 saturated heterocycles. The normalized spacial score (nSPS) is 12.1. The second-order valence-corrected chi connectivity index (χ2v) is 4.11. The average molecular weight is 261 g/mol. The van der Waals surface area contributed by atoms with Gasteiger partial charge in [-0.25, -0.2) is 9.78 Å². The number of nitrogens with zero attached hydrogens (tertiary/aromatic N) is 1. The predicted octanol–water partition coefficient (Wildman–Crippen LogP) is 2.53. The van der Waals surface area contributed by atoms with Gasteiger partial charge in [0, 0.05) is 12.7 Å². The number of benzene rings is 1. The number of methoxy groups -OCH3 is 1. The first kappa shape index (κ1) is 13.3. The van der Waals surface area contributed by atoms with Crippen LogP contribution in [0, 0.1) is 0 Å². The highest BCUT2D eigenvalue weighted by Crippen LogP contribution is 2.19. The lowest BCUT2D eigenvalue weighted by Crippen LogP contribution is -2.19. The van der Waals surface area contributed by atoms with Gasteiger partial charge in [0.05, 0.1) is 18.4 Å². The highest BCUT2D eigenvalue weighted by molar-refractivity contribution is 5.90. The minimum absolute atomic E-state index is 0.272. The molecule has 0 amide bonds. The van der Waals surface area contributed by atoms with E-state index in [0.717, 1.165) is 5.56 Å². The van der Waals surface area contributed by atoms with Crippen molar-refractivity contribution in [1.82, 2.24) is 4.98 Å². The molecule has 0 aliphatic heterocycles. The standard InChI is InChI=1S/C14H15NO4/c1-10(8-17-2)19-14(16)12-5-3-11(4-6-12)13-7-15-9-18-13/h3-7,9-10H,8H2,1-2H3/t10-/m0/s1. The average Bonchev–Trinajstić information content (AvgIpc) is 2.93. The van der Waals surface area contributed by atoms with Crippen molar-refractivity contribution in [3.05, 3.63) is 42.4 Å². The molecule has 0 saturated carbocycles. The molecular weight excluding hydrogens is 246 g/mol. The summed E-state index contributed by atoms with van der Waals surface area (Å²) in [4.78, 5) is 15.7. The summed E-state index contributed by atoms with van der Waals surface area (Å²) in [5.41, 5.74) is 1.35. The number of hydrogen-bond acceptors (Lipinski definition) is 5. The van der Waals surface area contributed by atoms with Gasteiger partial charge < -0.3 is 13.9 Å². The van der Waals surface area contributed by atoms with Crippen LogP contribution in [0.2, 0.25) is 0 Å². The number of aromatic nitrogens is 1. The Balaban J connectivity index is 2.04. The van der Waals surface area contributed by atoms with E-state index >= 15 is 0 Å². The summed E-state index contributed by atoms with van der Waals surface area (Å²) in [5, 5.41) is 0. The zero-order chi connectivity index (χ0) is 13.7. The van der Waals surface area contributed by atoms with Crippen LogP contribution in [0.25, 0.3) is 11.3 Å². The maximum atomic E-state index is 11.8. The summed E-state index contributed by atoms with van der Waals surface area (Å²) in [5.74, 6) is 0.293. The first-order valence-corrected chi connectivity index (χ1v) is 5.89. The third kappa shape index (κ3) is 3.42. The molecule has 1 aromatic heterocycles. The Morgan fingerprint density at radius 3 is 2.68 bits per heavy atom. The van der Waals surface area contributed by atoms with Crippen molar-refractivity contribution in [3.8, 4) is 11.3 Å². The minimum Gasteiger partial charge on any atom is -0.457 e. The highest BCUT2D eigenvalue weighted by Gasteiger charge is 2.12. The minimum atomic E-state index is -0.367. The van der Waals surface area contributed by atoms with Crippen LogP contribution in [0.4, 0.5) is 0 Å². The van der Waals surface area contributed by atoms with Crippen molar-refractivity contribution in [2.45, 2.75) is 13.0 Å². The zero-order valence-corrected chi connectivity index (χ0v) is 10.8. The third-order valence-corrected chi connectivity index (χ3v) is 2.55. The second kappa shape index (κ2) is 6.15. The molecule has 1 heterocycles. The number of esters is 1. The van der Waals surface area contributed by atoms with Crippen molar-refractivity contribution in [2.75, 3.05) is 13.7 Å². The number of rotatable bonds is 5. The highest BCUT2D eigenvalue weighted by atomic mass is 16.6. The van der Waals surface area contributed by atoms with E-state index in [1.807, 2.05) is 0 Å². The maximum absolute atomic E-state index is 11.8. The molecule has 0 bridgehead atoms. The maximum Gasteiger partial charge on any atom is 0.338 e. The fourth-order valence-electron chi connectivity index (χ4n) is 1.65. The third-order valence-electron chi connectivity index (χ3n) is 2.55. The summed E-state index contributed by atoms with van der Waals surface area (Å²) in [6.07, 6.45) is 2.71. The Hall–Kier alpha value is -2.14. The van der Waals surface area contributed by atoms with E-state index in [4.69, 9.17) is 13.9 Å². The molecule has 0 unspecified atom stereocenters. The van der Waals surface area contributed by atoms with E-state index in [2.05, 4.69) is 4.98 Å². The van der Waals surface area contributed by atoms with Crippen LogP contribution in [0.15, 0.2) is 41.3 Å². The topological polar surface area (TPSA) is 61.6 Å². The molecule has 1 aromatic carbocycles. The van der Waals surface area contributed by atoms with Gasteiger partial charge in [-0.3, -0.25) is 0 Å². The number of carbonyl (C=O) groups is 1. The van der Waals surface area contributed by atoms with Gasteiger partial charge in [0.15, 0.2) is 12.2 Å². The first-order chi connectivity index (χ1) is 9.20. The van der Waals surface area contributed by atoms with Crippen molar-refractivity contribution in [2.24, 2.45) is 0 Å². The molecule has 0 spiro atoms. The molecular formula is C14H15NO4. The van der Waals surface area contributed by atoms with Crippen LogP contribution in [0.1, 0.15) is 17.3 Å². The summed E-state index contributed by atoms with van der Waals surface area (Å²) < 4.78 is 15.3. The van der Waals surface area contributed by atoms with Gasteiger partial charge in [-0.1, -0.05) is 12.1 Å². The van der Waals surface area contributed by atoms with Crippen molar-refractivity contribution in [1.29, 1.82) is 0 Å². The number of ether oxygens (including phenoxy) is 2. The van der Waals surface area contributed by atoms with Crippen molar-refractivity contribution in [3.63, 3.8) is 0 Å². The lowest BCUT2D eigenvalue weighted by molar-refractivity contribution is 0.0120. The smallest absolute Gasteiger partial charge is 0.338 e. The number of hydrogen-bond donors (Lipinski definition) is 0. The molecule has 2 aromatic rings. The Bertz CT molecular complexity index is 519. The van der Waals surface area contributed by atoms with Gasteiger partial charge in [-0.05, 0) is 19.1 Å². The van der Waals surface area contributed by atoms with E-state index < -0.39 is 0 Å². The summed E-state index contributed by atoms with van der Waals surface area (Å²) in [6, 6.07) is 6.97. The fraction of sp³-hybridized carbons (Fsp3) is 0.286. The molecule has 19 heavy (non-hydrogen) atoms. The van der Waals surface area contributed by atoms with Crippen LogP contribution in [0.3, 0.4) is 0 Å². The summed E-state index contributed by atoms with van der Waals surface area (Å²) in [6.45, 7) is 2.16. The lowest BCUT2D eigenvalue weighted by Gasteiger charge is -2.12. The molecule has 0 N–H and O–H groups in total. The molecule has 0 fully saturated rings. The molecule has 0 radical (unpaired) electrons. The molecule has 0 aliphatic carbocycles. The van der Waals surface area contributed by atoms with Gasteiger partial charge in [0.2, 0.25) is 0 Å². The quantitative estimate of drug-likeness (QED) is 0.774. The van der Waals surface area contributed by atoms with Crippen molar-refractivity contribution < 1.29 is 18.7 Å². The summed E-state index contributed by atoms with van der Waals surface area (Å²) in [7, 11) is 1.57. The Kier molecular flexibility index (Phi) is 4.30. The van der Waals surface area contributed by atoms with Crippen LogP contribution in [-0.2, 0) is 9.47 Å². The van der Waals surface area contributed by atoms with Gasteiger partial charge in [-0.15, -0.1) is 0 Å². The zero-order valence-electron chi connectivity index (χ0n) is 10.8. The fourth-order valence-corrected chi connectivity index (χ4v) is 1.65. The van der Waals surface area contributed by atoms with E-state index in [0.29, 0.717) is 17.9 Å². The van der Waals surface area contributed by atoms with Gasteiger partial charge >= 0.3 is 5.97 Å². The number of oxazole rings is 1. The van der Waals surface area contributed by atoms with E-state index in [9.17, 15) is 4.79 Å². The van der Waals surface area contributed by atoms with Gasteiger partial charge in [0.1, 0.15) is 6.10 Å². The Morgan fingerprint density at radius 2 is 2.11 bits per heavy atom. The van der Waals surface area contributed by atoms with Gasteiger partial charge in [0.25, 0.3) is 0 Å².